The second kappa shape index (κ2) is 4.73. The molecular formula is C12H11FN2O2S. The van der Waals surface area contributed by atoms with Gasteiger partial charge in [-0.2, -0.15) is 0 Å². The van der Waals surface area contributed by atoms with Crippen LogP contribution < -0.4 is 4.72 Å². The number of sulfonamides is 1. The molecule has 4 nitrogen and oxygen atoms in total. The van der Waals surface area contributed by atoms with Crippen LogP contribution in [-0.2, 0) is 10.0 Å². The molecule has 0 aliphatic heterocycles. The van der Waals surface area contributed by atoms with Crippen LogP contribution in [0.15, 0.2) is 47.5 Å². The molecule has 0 saturated heterocycles. The van der Waals surface area contributed by atoms with E-state index >= 15 is 0 Å². The van der Waals surface area contributed by atoms with Crippen molar-refractivity contribution >= 4 is 15.8 Å². The molecule has 1 heterocycles. The van der Waals surface area contributed by atoms with Crippen LogP contribution in [0.3, 0.4) is 0 Å². The Labute approximate surface area is 105 Å². The Kier molecular flexibility index (Phi) is 3.29. The van der Waals surface area contributed by atoms with Crippen molar-refractivity contribution in [2.45, 2.75) is 11.8 Å². The van der Waals surface area contributed by atoms with Crippen molar-refractivity contribution in [3.05, 3.63) is 54.0 Å². The second-order valence-corrected chi connectivity index (χ2v) is 5.43. The molecule has 0 aliphatic rings. The smallest absolute Gasteiger partial charge is 0.261 e. The molecule has 18 heavy (non-hydrogen) atoms. The number of pyridine rings is 1. The normalized spacial score (nSPS) is 11.2. The maximum Gasteiger partial charge on any atom is 0.263 e. The van der Waals surface area contributed by atoms with Gasteiger partial charge in [-0.05, 0) is 31.2 Å². The highest BCUT2D eigenvalue weighted by molar-refractivity contribution is 7.92. The standard InChI is InChI=1S/C12H11FN2O2S/c1-9-4-6-10(7-5-9)18(16,17)15-12-11(13)3-2-8-14-12/h2-8H,1H3,(H,14,15). The summed E-state index contributed by atoms with van der Waals surface area (Å²) in [5.41, 5.74) is 0.943. The first-order valence-corrected chi connectivity index (χ1v) is 6.67. The third-order valence-corrected chi connectivity index (χ3v) is 3.68. The molecule has 0 radical (unpaired) electrons. The number of hydrogen-bond acceptors (Lipinski definition) is 3. The molecular weight excluding hydrogens is 255 g/mol. The van der Waals surface area contributed by atoms with Gasteiger partial charge in [-0.25, -0.2) is 17.8 Å². The van der Waals surface area contributed by atoms with Crippen LogP contribution in [0.25, 0.3) is 0 Å². The minimum atomic E-state index is -3.81. The molecule has 6 heteroatoms. The lowest BCUT2D eigenvalue weighted by molar-refractivity contribution is 0.597. The van der Waals surface area contributed by atoms with Crippen LogP contribution in [0.2, 0.25) is 0 Å². The number of benzene rings is 1. The average molecular weight is 266 g/mol. The summed E-state index contributed by atoms with van der Waals surface area (Å²) in [5, 5.41) is 0. The summed E-state index contributed by atoms with van der Waals surface area (Å²) < 4.78 is 39.3. The number of aryl methyl sites for hydroxylation is 1. The molecule has 0 bridgehead atoms. The van der Waals surface area contributed by atoms with E-state index in [1.807, 2.05) is 6.92 Å². The van der Waals surface area contributed by atoms with Gasteiger partial charge in [-0.3, -0.25) is 4.72 Å². The fourth-order valence-corrected chi connectivity index (χ4v) is 2.38. The van der Waals surface area contributed by atoms with E-state index in [1.54, 1.807) is 12.1 Å². The minimum Gasteiger partial charge on any atom is -0.261 e. The Morgan fingerprint density at radius 2 is 1.83 bits per heavy atom. The lowest BCUT2D eigenvalue weighted by Crippen LogP contribution is -2.14. The van der Waals surface area contributed by atoms with Crippen molar-refractivity contribution in [2.24, 2.45) is 0 Å². The molecule has 1 N–H and O–H groups in total. The van der Waals surface area contributed by atoms with Crippen LogP contribution in [0.5, 0.6) is 0 Å². The van der Waals surface area contributed by atoms with Crippen LogP contribution in [0.4, 0.5) is 10.2 Å². The third-order valence-electron chi connectivity index (χ3n) is 2.32. The van der Waals surface area contributed by atoms with Crippen molar-refractivity contribution in [1.29, 1.82) is 0 Å². The molecule has 94 valence electrons. The predicted molar refractivity (Wildman–Crippen MR) is 66.2 cm³/mol. The van der Waals surface area contributed by atoms with Crippen molar-refractivity contribution in [2.75, 3.05) is 4.72 Å². The van der Waals surface area contributed by atoms with E-state index < -0.39 is 15.8 Å². The van der Waals surface area contributed by atoms with Gasteiger partial charge in [-0.15, -0.1) is 0 Å². The number of nitrogens with zero attached hydrogens (tertiary/aromatic N) is 1. The number of halogens is 1. The van der Waals surface area contributed by atoms with Crippen LogP contribution >= 0.6 is 0 Å². The van der Waals surface area contributed by atoms with Gasteiger partial charge in [0.1, 0.15) is 0 Å². The van der Waals surface area contributed by atoms with E-state index in [0.29, 0.717) is 0 Å². The minimum absolute atomic E-state index is 0.0677. The van der Waals surface area contributed by atoms with E-state index in [0.717, 1.165) is 11.6 Å². The first kappa shape index (κ1) is 12.5. The van der Waals surface area contributed by atoms with E-state index in [1.165, 1.54) is 24.4 Å². The quantitative estimate of drug-likeness (QED) is 0.927. The Morgan fingerprint density at radius 3 is 2.44 bits per heavy atom. The molecule has 2 aromatic rings. The Morgan fingerprint density at radius 1 is 1.17 bits per heavy atom. The number of aromatic nitrogens is 1. The summed E-state index contributed by atoms with van der Waals surface area (Å²) in [6.07, 6.45) is 1.32. The molecule has 0 unspecified atom stereocenters. The number of anilines is 1. The van der Waals surface area contributed by atoms with Gasteiger partial charge in [0, 0.05) is 6.20 Å². The summed E-state index contributed by atoms with van der Waals surface area (Å²) in [6, 6.07) is 8.78. The number of nitrogens with one attached hydrogen (secondary N) is 1. The Bertz CT molecular complexity index is 654. The predicted octanol–water partition coefficient (Wildman–Crippen LogP) is 2.33. The fraction of sp³-hybridized carbons (Fsp3) is 0.0833. The molecule has 2 rings (SSSR count). The number of rotatable bonds is 3. The lowest BCUT2D eigenvalue weighted by atomic mass is 10.2. The maximum atomic E-state index is 13.3. The molecule has 0 spiro atoms. The fourth-order valence-electron chi connectivity index (χ4n) is 1.36. The summed E-state index contributed by atoms with van der Waals surface area (Å²) in [5.74, 6) is -1.02. The molecule has 1 aromatic heterocycles. The van der Waals surface area contributed by atoms with Gasteiger partial charge in [-0.1, -0.05) is 17.7 Å². The van der Waals surface area contributed by atoms with Gasteiger partial charge >= 0.3 is 0 Å². The van der Waals surface area contributed by atoms with Crippen molar-refractivity contribution < 1.29 is 12.8 Å². The van der Waals surface area contributed by atoms with Gasteiger partial charge in [0.2, 0.25) is 0 Å². The average Bonchev–Trinajstić information content (AvgIpc) is 2.32. The van der Waals surface area contributed by atoms with Gasteiger partial charge < -0.3 is 0 Å². The summed E-state index contributed by atoms with van der Waals surface area (Å²) in [7, 11) is -3.81. The topological polar surface area (TPSA) is 59.1 Å². The molecule has 0 amide bonds. The van der Waals surface area contributed by atoms with Gasteiger partial charge in [0.25, 0.3) is 10.0 Å². The van der Waals surface area contributed by atoms with E-state index in [2.05, 4.69) is 9.71 Å². The molecule has 1 aromatic carbocycles. The van der Waals surface area contributed by atoms with E-state index in [-0.39, 0.29) is 10.7 Å². The zero-order chi connectivity index (χ0) is 13.2. The summed E-state index contributed by atoms with van der Waals surface area (Å²) in [4.78, 5) is 3.71. The SMILES string of the molecule is Cc1ccc(S(=O)(=O)Nc2ncccc2F)cc1. The molecule has 0 fully saturated rings. The molecule has 0 aliphatic carbocycles. The summed E-state index contributed by atoms with van der Waals surface area (Å²) in [6.45, 7) is 1.85. The Balaban J connectivity index is 2.33. The van der Waals surface area contributed by atoms with E-state index in [4.69, 9.17) is 0 Å². The van der Waals surface area contributed by atoms with Crippen molar-refractivity contribution in [3.63, 3.8) is 0 Å². The molecule has 0 atom stereocenters. The zero-order valence-corrected chi connectivity index (χ0v) is 10.4. The van der Waals surface area contributed by atoms with Gasteiger partial charge in [0.15, 0.2) is 11.6 Å². The third kappa shape index (κ3) is 2.65. The maximum absolute atomic E-state index is 13.3. The lowest BCUT2D eigenvalue weighted by Gasteiger charge is -2.07. The highest BCUT2D eigenvalue weighted by atomic mass is 32.2. The highest BCUT2D eigenvalue weighted by Crippen LogP contribution is 2.16. The first-order valence-electron chi connectivity index (χ1n) is 5.19. The van der Waals surface area contributed by atoms with Crippen LogP contribution in [0, 0.1) is 12.7 Å². The largest absolute Gasteiger partial charge is 0.263 e. The summed E-state index contributed by atoms with van der Waals surface area (Å²) >= 11 is 0. The van der Waals surface area contributed by atoms with Crippen molar-refractivity contribution in [1.82, 2.24) is 4.98 Å². The van der Waals surface area contributed by atoms with Crippen molar-refractivity contribution in [3.8, 4) is 0 Å². The van der Waals surface area contributed by atoms with Crippen LogP contribution in [0.1, 0.15) is 5.56 Å². The zero-order valence-electron chi connectivity index (χ0n) is 9.59. The monoisotopic (exact) mass is 266 g/mol. The number of hydrogen-bond donors (Lipinski definition) is 1. The second-order valence-electron chi connectivity index (χ2n) is 3.75. The van der Waals surface area contributed by atoms with Gasteiger partial charge in [0.05, 0.1) is 4.90 Å². The first-order chi connectivity index (χ1) is 8.49. The molecule has 0 saturated carbocycles. The Hall–Kier alpha value is -1.95. The highest BCUT2D eigenvalue weighted by Gasteiger charge is 2.16. The van der Waals surface area contributed by atoms with E-state index in [9.17, 15) is 12.8 Å². The van der Waals surface area contributed by atoms with Crippen LogP contribution in [-0.4, -0.2) is 13.4 Å².